The quantitative estimate of drug-likeness (QED) is 0.813. The van der Waals surface area contributed by atoms with Gasteiger partial charge in [0.05, 0.1) is 5.69 Å². The number of rotatable bonds is 2. The fourth-order valence-corrected chi connectivity index (χ4v) is 1.10. The lowest BCUT2D eigenvalue weighted by Crippen LogP contribution is -2.03. The number of nitrogen functional groups attached to an aromatic ring is 1. The Bertz CT molecular complexity index is 257. The summed E-state index contributed by atoms with van der Waals surface area (Å²) < 4.78 is 1.73. The standard InChI is InChI=1S/C7H12ClN3.ClH/c1-3-4-11-7(9)6(8)5(2)10-11;/h3-4,9H2,1-2H3;1H. The number of hydrogen-bond acceptors (Lipinski definition) is 2. The highest BCUT2D eigenvalue weighted by atomic mass is 35.5. The van der Waals surface area contributed by atoms with Gasteiger partial charge in [0.2, 0.25) is 0 Å². The highest BCUT2D eigenvalue weighted by Crippen LogP contribution is 2.21. The average Bonchev–Trinajstić information content (AvgIpc) is 2.19. The lowest BCUT2D eigenvalue weighted by atomic mass is 10.4. The Hall–Kier alpha value is -0.410. The van der Waals surface area contributed by atoms with Crippen molar-refractivity contribution in [3.8, 4) is 0 Å². The van der Waals surface area contributed by atoms with Crippen LogP contribution in [0.15, 0.2) is 0 Å². The number of nitrogens with two attached hydrogens (primary N) is 1. The van der Waals surface area contributed by atoms with Crippen molar-refractivity contribution in [1.82, 2.24) is 9.78 Å². The van der Waals surface area contributed by atoms with Crippen LogP contribution in [0.3, 0.4) is 0 Å². The summed E-state index contributed by atoms with van der Waals surface area (Å²) in [5.41, 5.74) is 6.46. The van der Waals surface area contributed by atoms with E-state index < -0.39 is 0 Å². The molecule has 1 aromatic rings. The first kappa shape index (κ1) is 11.6. The van der Waals surface area contributed by atoms with Gasteiger partial charge in [-0.05, 0) is 13.3 Å². The number of hydrogen-bond donors (Lipinski definition) is 1. The molecule has 0 atom stereocenters. The second-order valence-electron chi connectivity index (χ2n) is 2.51. The molecule has 2 N–H and O–H groups in total. The van der Waals surface area contributed by atoms with Crippen molar-refractivity contribution in [2.24, 2.45) is 0 Å². The molecule has 0 amide bonds. The summed E-state index contributed by atoms with van der Waals surface area (Å²) in [6.07, 6.45) is 1.02. The van der Waals surface area contributed by atoms with Gasteiger partial charge in [-0.2, -0.15) is 5.10 Å². The minimum absolute atomic E-state index is 0. The molecule has 0 aliphatic rings. The Balaban J connectivity index is 0.00000121. The fourth-order valence-electron chi connectivity index (χ4n) is 0.960. The van der Waals surface area contributed by atoms with Gasteiger partial charge in [-0.15, -0.1) is 12.4 Å². The van der Waals surface area contributed by atoms with Crippen LogP contribution in [0.1, 0.15) is 19.0 Å². The van der Waals surface area contributed by atoms with Crippen LogP contribution in [0.4, 0.5) is 5.82 Å². The van der Waals surface area contributed by atoms with E-state index >= 15 is 0 Å². The predicted molar refractivity (Wildman–Crippen MR) is 53.9 cm³/mol. The summed E-state index contributed by atoms with van der Waals surface area (Å²) in [4.78, 5) is 0. The van der Waals surface area contributed by atoms with Crippen molar-refractivity contribution in [3.05, 3.63) is 10.7 Å². The molecule has 0 saturated carbocycles. The van der Waals surface area contributed by atoms with E-state index in [-0.39, 0.29) is 12.4 Å². The molecule has 0 aromatic carbocycles. The van der Waals surface area contributed by atoms with Crippen molar-refractivity contribution in [2.45, 2.75) is 26.8 Å². The Kier molecular flexibility index (Phi) is 4.42. The molecule has 0 unspecified atom stereocenters. The summed E-state index contributed by atoms with van der Waals surface area (Å²) in [5.74, 6) is 0.575. The molecule has 0 spiro atoms. The highest BCUT2D eigenvalue weighted by molar-refractivity contribution is 6.33. The third-order valence-corrected chi connectivity index (χ3v) is 1.99. The van der Waals surface area contributed by atoms with Crippen LogP contribution in [-0.2, 0) is 6.54 Å². The summed E-state index contributed by atoms with van der Waals surface area (Å²) >= 11 is 5.83. The molecule has 0 radical (unpaired) electrons. The monoisotopic (exact) mass is 209 g/mol. The Morgan fingerprint density at radius 1 is 1.58 bits per heavy atom. The Morgan fingerprint density at radius 2 is 2.17 bits per heavy atom. The highest BCUT2D eigenvalue weighted by Gasteiger charge is 2.07. The van der Waals surface area contributed by atoms with Crippen LogP contribution < -0.4 is 5.73 Å². The normalized spacial score (nSPS) is 9.58. The number of aromatic nitrogens is 2. The predicted octanol–water partition coefficient (Wildman–Crippen LogP) is 2.26. The van der Waals surface area contributed by atoms with E-state index in [0.29, 0.717) is 10.8 Å². The van der Waals surface area contributed by atoms with Gasteiger partial charge < -0.3 is 5.73 Å². The summed E-state index contributed by atoms with van der Waals surface area (Å²) in [7, 11) is 0. The zero-order valence-corrected chi connectivity index (χ0v) is 8.74. The minimum Gasteiger partial charge on any atom is -0.383 e. The van der Waals surface area contributed by atoms with Crippen LogP contribution in [0.2, 0.25) is 5.02 Å². The molecular formula is C7H13Cl2N3. The van der Waals surface area contributed by atoms with Crippen molar-refractivity contribution >= 4 is 29.8 Å². The van der Waals surface area contributed by atoms with Gasteiger partial charge in [-0.25, -0.2) is 4.68 Å². The van der Waals surface area contributed by atoms with Gasteiger partial charge in [0, 0.05) is 6.54 Å². The van der Waals surface area contributed by atoms with E-state index in [4.69, 9.17) is 17.3 Å². The molecule has 5 heteroatoms. The molecule has 0 bridgehead atoms. The fraction of sp³-hybridized carbons (Fsp3) is 0.571. The third kappa shape index (κ3) is 2.05. The summed E-state index contributed by atoms with van der Waals surface area (Å²) in [6, 6.07) is 0. The van der Waals surface area contributed by atoms with E-state index in [9.17, 15) is 0 Å². The zero-order chi connectivity index (χ0) is 8.43. The first-order valence-corrected chi connectivity index (χ1v) is 4.03. The molecule has 1 aromatic heterocycles. The SMILES string of the molecule is CCCn1nc(C)c(Cl)c1N.Cl. The lowest BCUT2D eigenvalue weighted by Gasteiger charge is -1.99. The first-order chi connectivity index (χ1) is 5.16. The molecule has 1 rings (SSSR count). The number of nitrogens with zero attached hydrogens (tertiary/aromatic N) is 2. The molecule has 3 nitrogen and oxygen atoms in total. The molecular weight excluding hydrogens is 197 g/mol. The maximum atomic E-state index is 5.83. The largest absolute Gasteiger partial charge is 0.383 e. The molecule has 0 aliphatic carbocycles. The third-order valence-electron chi connectivity index (χ3n) is 1.53. The number of aryl methyl sites for hydroxylation is 2. The second kappa shape index (κ2) is 4.58. The molecule has 0 aliphatic heterocycles. The molecule has 70 valence electrons. The zero-order valence-electron chi connectivity index (χ0n) is 7.17. The first-order valence-electron chi connectivity index (χ1n) is 3.65. The smallest absolute Gasteiger partial charge is 0.140 e. The maximum absolute atomic E-state index is 5.83. The Morgan fingerprint density at radius 3 is 2.50 bits per heavy atom. The van der Waals surface area contributed by atoms with Gasteiger partial charge in [-0.1, -0.05) is 18.5 Å². The van der Waals surface area contributed by atoms with Crippen LogP contribution in [0.25, 0.3) is 0 Å². The molecule has 0 fully saturated rings. The summed E-state index contributed by atoms with van der Waals surface area (Å²) in [5, 5.41) is 4.74. The van der Waals surface area contributed by atoms with Crippen LogP contribution in [0.5, 0.6) is 0 Å². The van der Waals surface area contributed by atoms with E-state index in [2.05, 4.69) is 12.0 Å². The Labute approximate surface area is 83.3 Å². The topological polar surface area (TPSA) is 43.8 Å². The van der Waals surface area contributed by atoms with Gasteiger partial charge in [-0.3, -0.25) is 0 Å². The second-order valence-corrected chi connectivity index (χ2v) is 2.89. The van der Waals surface area contributed by atoms with E-state index in [1.807, 2.05) is 6.92 Å². The van der Waals surface area contributed by atoms with Crippen LogP contribution >= 0.6 is 24.0 Å². The van der Waals surface area contributed by atoms with E-state index in [0.717, 1.165) is 18.7 Å². The molecule has 0 saturated heterocycles. The van der Waals surface area contributed by atoms with Crippen molar-refractivity contribution < 1.29 is 0 Å². The number of halogens is 2. The van der Waals surface area contributed by atoms with E-state index in [1.165, 1.54) is 0 Å². The molecule has 12 heavy (non-hydrogen) atoms. The molecule has 1 heterocycles. The minimum atomic E-state index is 0. The van der Waals surface area contributed by atoms with Crippen molar-refractivity contribution in [1.29, 1.82) is 0 Å². The van der Waals surface area contributed by atoms with Gasteiger partial charge in [0.25, 0.3) is 0 Å². The lowest BCUT2D eigenvalue weighted by molar-refractivity contribution is 0.606. The van der Waals surface area contributed by atoms with Crippen molar-refractivity contribution in [2.75, 3.05) is 5.73 Å². The van der Waals surface area contributed by atoms with Crippen LogP contribution in [-0.4, -0.2) is 9.78 Å². The number of anilines is 1. The van der Waals surface area contributed by atoms with Crippen molar-refractivity contribution in [3.63, 3.8) is 0 Å². The average molecular weight is 210 g/mol. The van der Waals surface area contributed by atoms with Crippen LogP contribution in [0, 0.1) is 6.92 Å². The van der Waals surface area contributed by atoms with Gasteiger partial charge >= 0.3 is 0 Å². The maximum Gasteiger partial charge on any atom is 0.140 e. The van der Waals surface area contributed by atoms with Gasteiger partial charge in [0.1, 0.15) is 10.8 Å². The van der Waals surface area contributed by atoms with Gasteiger partial charge in [0.15, 0.2) is 0 Å². The summed E-state index contributed by atoms with van der Waals surface area (Å²) in [6.45, 7) is 4.76. The van der Waals surface area contributed by atoms with E-state index in [1.54, 1.807) is 4.68 Å².